The average molecular weight is 635 g/mol. The van der Waals surface area contributed by atoms with E-state index in [1.54, 1.807) is 12.1 Å². The molecular weight excluding hydrogens is 608 g/mol. The van der Waals surface area contributed by atoms with Crippen molar-refractivity contribution in [1.29, 1.82) is 0 Å². The molecular formula is C30H26N4O12. The van der Waals surface area contributed by atoms with Crippen molar-refractivity contribution >= 4 is 51.5 Å². The molecule has 3 aromatic carbocycles. The van der Waals surface area contributed by atoms with Crippen molar-refractivity contribution in [2.24, 2.45) is 5.10 Å². The SMILES string of the molecule is CC(=O)OC[C@H]1O[C@H]2[C@H](O[C@]23/C(=N/Nc2ccc([N+](=O)[O-])cc2[N+](=O)[O-])c2cccc4cccc3c24)[C@@H](OC(C)=O)[C@@H]1OC(C)=O. The van der Waals surface area contributed by atoms with Crippen LogP contribution in [0.1, 0.15) is 31.9 Å². The molecule has 0 aromatic heterocycles. The summed E-state index contributed by atoms with van der Waals surface area (Å²) in [5.74, 6) is -2.00. The van der Waals surface area contributed by atoms with Gasteiger partial charge in [-0.15, -0.1) is 0 Å². The number of fused-ring (bicyclic) bond motifs is 3. The molecule has 46 heavy (non-hydrogen) atoms. The molecule has 0 amide bonds. The molecule has 2 heterocycles. The molecule has 0 bridgehead atoms. The predicted molar refractivity (Wildman–Crippen MR) is 157 cm³/mol. The highest BCUT2D eigenvalue weighted by Gasteiger charge is 2.71. The van der Waals surface area contributed by atoms with Crippen LogP contribution in [0.15, 0.2) is 59.7 Å². The van der Waals surface area contributed by atoms with Crippen LogP contribution in [-0.2, 0) is 43.7 Å². The molecule has 2 fully saturated rings. The third-order valence-electron chi connectivity index (χ3n) is 8.00. The Labute approximate surface area is 259 Å². The Morgan fingerprint density at radius 1 is 0.935 bits per heavy atom. The second kappa shape index (κ2) is 11.5. The number of nitro groups is 2. The van der Waals surface area contributed by atoms with Crippen molar-refractivity contribution < 1.29 is 47.9 Å². The van der Waals surface area contributed by atoms with E-state index in [9.17, 15) is 34.6 Å². The molecule has 1 N–H and O–H groups in total. The maximum Gasteiger partial charge on any atom is 0.303 e. The number of hydrogen-bond acceptors (Lipinski definition) is 14. The van der Waals surface area contributed by atoms with E-state index in [2.05, 4.69) is 10.5 Å². The zero-order valence-electron chi connectivity index (χ0n) is 24.5. The van der Waals surface area contributed by atoms with E-state index in [0.29, 0.717) is 11.1 Å². The van der Waals surface area contributed by atoms with Crippen LogP contribution in [0.25, 0.3) is 10.8 Å². The molecule has 0 radical (unpaired) electrons. The highest BCUT2D eigenvalue weighted by Crippen LogP contribution is 2.57. The Hall–Kier alpha value is -5.48. The lowest BCUT2D eigenvalue weighted by atomic mass is 9.73. The molecule has 16 heteroatoms. The van der Waals surface area contributed by atoms with Gasteiger partial charge in [-0.2, -0.15) is 5.10 Å². The summed E-state index contributed by atoms with van der Waals surface area (Å²) in [5.41, 5.74) is 1.55. The van der Waals surface area contributed by atoms with Gasteiger partial charge in [0, 0.05) is 38.0 Å². The molecule has 1 spiro atoms. The molecule has 3 aromatic rings. The second-order valence-electron chi connectivity index (χ2n) is 10.9. The fourth-order valence-electron chi connectivity index (χ4n) is 6.29. The number of nitro benzene ring substituents is 2. The first kappa shape index (κ1) is 30.5. The molecule has 6 atom stereocenters. The third kappa shape index (κ3) is 4.96. The minimum atomic E-state index is -1.47. The Morgan fingerprint density at radius 2 is 1.63 bits per heavy atom. The Balaban J connectivity index is 1.48. The normalized spacial score (nSPS) is 26.6. The van der Waals surface area contributed by atoms with Gasteiger partial charge in [-0.3, -0.25) is 40.0 Å². The van der Waals surface area contributed by atoms with Gasteiger partial charge in [0.2, 0.25) is 0 Å². The van der Waals surface area contributed by atoms with Gasteiger partial charge in [0.05, 0.1) is 15.9 Å². The Morgan fingerprint density at radius 3 is 2.28 bits per heavy atom. The van der Waals surface area contributed by atoms with E-state index in [1.165, 1.54) is 26.8 Å². The summed E-state index contributed by atoms with van der Waals surface area (Å²) < 4.78 is 29.4. The lowest BCUT2D eigenvalue weighted by Crippen LogP contribution is -2.76. The van der Waals surface area contributed by atoms with Gasteiger partial charge in [0.1, 0.15) is 36.3 Å². The van der Waals surface area contributed by atoms with Crippen molar-refractivity contribution in [1.82, 2.24) is 0 Å². The number of ether oxygens (including phenoxy) is 5. The first-order valence-electron chi connectivity index (χ1n) is 14.0. The largest absolute Gasteiger partial charge is 0.463 e. The number of hydrogen-bond donors (Lipinski definition) is 1. The van der Waals surface area contributed by atoms with E-state index >= 15 is 0 Å². The number of anilines is 1. The topological polar surface area (TPSA) is 208 Å². The fraction of sp³-hybridized carbons (Fsp3) is 0.333. The number of benzene rings is 3. The smallest absolute Gasteiger partial charge is 0.303 e. The van der Waals surface area contributed by atoms with Crippen LogP contribution < -0.4 is 5.43 Å². The van der Waals surface area contributed by atoms with Crippen LogP contribution in [0.2, 0.25) is 0 Å². The van der Waals surface area contributed by atoms with Crippen molar-refractivity contribution in [3.05, 3.63) is 86.0 Å². The zero-order valence-corrected chi connectivity index (χ0v) is 24.5. The van der Waals surface area contributed by atoms with E-state index in [-0.39, 0.29) is 18.0 Å². The van der Waals surface area contributed by atoms with E-state index in [1.807, 2.05) is 24.3 Å². The molecule has 2 aliphatic heterocycles. The zero-order chi connectivity index (χ0) is 32.9. The minimum absolute atomic E-state index is 0.123. The van der Waals surface area contributed by atoms with Gasteiger partial charge in [-0.05, 0) is 16.8 Å². The van der Waals surface area contributed by atoms with Crippen molar-refractivity contribution in [2.75, 3.05) is 12.0 Å². The molecule has 1 aliphatic carbocycles. The average Bonchev–Trinajstić information content (AvgIpc) is 3.28. The minimum Gasteiger partial charge on any atom is -0.463 e. The Kier molecular flexibility index (Phi) is 7.61. The fourth-order valence-corrected chi connectivity index (χ4v) is 6.29. The summed E-state index contributed by atoms with van der Waals surface area (Å²) in [6.07, 6.45) is -5.38. The number of rotatable bonds is 8. The maximum absolute atomic E-state index is 12.2. The van der Waals surface area contributed by atoms with Gasteiger partial charge >= 0.3 is 23.6 Å². The highest BCUT2D eigenvalue weighted by atomic mass is 16.7. The molecule has 0 unspecified atom stereocenters. The quantitative estimate of drug-likeness (QED) is 0.163. The van der Waals surface area contributed by atoms with Crippen molar-refractivity contribution in [3.63, 3.8) is 0 Å². The number of non-ortho nitro benzene ring substituents is 1. The number of nitrogens with zero attached hydrogens (tertiary/aromatic N) is 3. The number of hydrazone groups is 1. The summed E-state index contributed by atoms with van der Waals surface area (Å²) in [5, 5.41) is 29.2. The van der Waals surface area contributed by atoms with Gasteiger partial charge in [0.15, 0.2) is 17.8 Å². The van der Waals surface area contributed by atoms with Crippen LogP contribution in [-0.4, -0.2) is 70.6 Å². The number of carbonyl (C=O) groups excluding carboxylic acids is 3. The van der Waals surface area contributed by atoms with Crippen LogP contribution in [0.5, 0.6) is 0 Å². The van der Waals surface area contributed by atoms with Crippen LogP contribution in [0.4, 0.5) is 17.1 Å². The summed E-state index contributed by atoms with van der Waals surface area (Å²) in [4.78, 5) is 57.6. The van der Waals surface area contributed by atoms with Crippen LogP contribution >= 0.6 is 0 Å². The van der Waals surface area contributed by atoms with E-state index in [4.69, 9.17) is 23.7 Å². The van der Waals surface area contributed by atoms with Gasteiger partial charge in [0.25, 0.3) is 5.69 Å². The molecule has 6 rings (SSSR count). The van der Waals surface area contributed by atoms with Gasteiger partial charge in [-0.1, -0.05) is 36.4 Å². The van der Waals surface area contributed by atoms with Crippen LogP contribution in [0.3, 0.4) is 0 Å². The number of nitrogens with one attached hydrogen (secondary N) is 1. The standard InChI is InChI=1S/C30H26N4O12/c1-14(35)42-13-23-25(43-15(2)36)26(44-16(3)37)27-29(45-23)30(46-27)20-9-5-7-17-6-4-8-19(24(17)20)28(30)32-31-21-11-10-18(33(38)39)12-22(21)34(40)41/h4-12,23,25-27,29,31H,13H2,1-3H3/b32-28+/t23-,25-,26+,27-,29+,30-/m1/s1. The summed E-state index contributed by atoms with van der Waals surface area (Å²) >= 11 is 0. The van der Waals surface area contributed by atoms with Crippen molar-refractivity contribution in [2.45, 2.75) is 56.9 Å². The molecule has 3 aliphatic rings. The number of carbonyl (C=O) groups is 3. The first-order chi connectivity index (χ1) is 21.9. The maximum atomic E-state index is 12.2. The number of esters is 3. The van der Waals surface area contributed by atoms with Gasteiger partial charge in [-0.25, -0.2) is 0 Å². The highest BCUT2D eigenvalue weighted by molar-refractivity contribution is 6.23. The van der Waals surface area contributed by atoms with Crippen molar-refractivity contribution in [3.8, 4) is 0 Å². The summed E-state index contributed by atoms with van der Waals surface area (Å²) in [6, 6.07) is 14.1. The lowest BCUT2D eigenvalue weighted by molar-refractivity contribution is -0.393. The molecule has 238 valence electrons. The molecule has 0 saturated carbocycles. The first-order valence-corrected chi connectivity index (χ1v) is 14.0. The van der Waals surface area contributed by atoms with Gasteiger partial charge < -0.3 is 23.7 Å². The predicted octanol–water partition coefficient (Wildman–Crippen LogP) is 3.27. The third-order valence-corrected chi connectivity index (χ3v) is 8.00. The molecule has 2 saturated heterocycles. The summed E-state index contributed by atoms with van der Waals surface area (Å²) in [7, 11) is 0. The molecule has 16 nitrogen and oxygen atoms in total. The lowest BCUT2D eigenvalue weighted by Gasteiger charge is -2.59. The van der Waals surface area contributed by atoms with E-state index < -0.39 is 75.3 Å². The monoisotopic (exact) mass is 634 g/mol. The van der Waals surface area contributed by atoms with Crippen LogP contribution in [0, 0.1) is 20.2 Å². The summed E-state index contributed by atoms with van der Waals surface area (Å²) in [6.45, 7) is 3.21. The van der Waals surface area contributed by atoms with E-state index in [0.717, 1.165) is 22.9 Å². The Bertz CT molecular complexity index is 1840. The second-order valence-corrected chi connectivity index (χ2v) is 10.9.